The number of carbonyl (C=O) groups excluding carboxylic acids is 1. The number of carbonyl (C=O) groups is 1. The number of hydrogen-bond donors (Lipinski definition) is 1. The summed E-state index contributed by atoms with van der Waals surface area (Å²) >= 11 is 0. The van der Waals surface area contributed by atoms with Gasteiger partial charge in [0.2, 0.25) is 0 Å². The molecule has 1 aliphatic rings. The third-order valence-corrected chi connectivity index (χ3v) is 4.52. The van der Waals surface area contributed by atoms with E-state index >= 15 is 0 Å². The van der Waals surface area contributed by atoms with E-state index in [1.165, 1.54) is 10.8 Å². The lowest BCUT2D eigenvalue weighted by Gasteiger charge is -2.39. The lowest BCUT2D eigenvalue weighted by molar-refractivity contribution is -0.132. The monoisotopic (exact) mass is 253 g/mol. The van der Waals surface area contributed by atoms with Gasteiger partial charge in [0.15, 0.2) is 0 Å². The molecule has 2 aromatic rings. The molecule has 0 heterocycles. The van der Waals surface area contributed by atoms with Crippen molar-refractivity contribution in [3.63, 3.8) is 0 Å². The minimum atomic E-state index is -0.225. The zero-order chi connectivity index (χ0) is 13.3. The van der Waals surface area contributed by atoms with Gasteiger partial charge in [0.1, 0.15) is 5.78 Å². The minimum Gasteiger partial charge on any atom is -0.329 e. The Morgan fingerprint density at radius 3 is 2.53 bits per heavy atom. The van der Waals surface area contributed by atoms with Crippen molar-refractivity contribution in [2.45, 2.75) is 25.7 Å². The van der Waals surface area contributed by atoms with Crippen molar-refractivity contribution in [3.8, 4) is 0 Å². The Kier molecular flexibility index (Phi) is 3.11. The van der Waals surface area contributed by atoms with Crippen molar-refractivity contribution in [2.75, 3.05) is 6.54 Å². The van der Waals surface area contributed by atoms with E-state index in [2.05, 4.69) is 24.3 Å². The SMILES string of the molecule is NCC1(C(=O)Cc2cccc3ccccc23)CCC1. The largest absolute Gasteiger partial charge is 0.329 e. The Morgan fingerprint density at radius 2 is 1.84 bits per heavy atom. The molecule has 0 saturated heterocycles. The number of ketones is 1. The molecule has 2 nitrogen and oxygen atoms in total. The molecular weight excluding hydrogens is 234 g/mol. The lowest BCUT2D eigenvalue weighted by Crippen LogP contribution is -2.45. The second kappa shape index (κ2) is 4.78. The molecule has 0 aliphatic heterocycles. The average molecular weight is 253 g/mol. The summed E-state index contributed by atoms with van der Waals surface area (Å²) in [6.45, 7) is 0.497. The Balaban J connectivity index is 1.91. The topological polar surface area (TPSA) is 43.1 Å². The van der Waals surface area contributed by atoms with E-state index in [0.29, 0.717) is 18.7 Å². The number of rotatable bonds is 4. The molecule has 19 heavy (non-hydrogen) atoms. The van der Waals surface area contributed by atoms with E-state index in [0.717, 1.165) is 24.8 Å². The van der Waals surface area contributed by atoms with Gasteiger partial charge < -0.3 is 5.73 Å². The van der Waals surface area contributed by atoms with Gasteiger partial charge in [-0.3, -0.25) is 4.79 Å². The Hall–Kier alpha value is -1.67. The zero-order valence-corrected chi connectivity index (χ0v) is 11.1. The van der Waals surface area contributed by atoms with Gasteiger partial charge in [-0.2, -0.15) is 0 Å². The van der Waals surface area contributed by atoms with Crippen LogP contribution in [0.2, 0.25) is 0 Å². The van der Waals surface area contributed by atoms with Crippen LogP contribution >= 0.6 is 0 Å². The highest BCUT2D eigenvalue weighted by Crippen LogP contribution is 2.41. The summed E-state index contributed by atoms with van der Waals surface area (Å²) < 4.78 is 0. The molecule has 1 saturated carbocycles. The van der Waals surface area contributed by atoms with E-state index in [-0.39, 0.29) is 5.41 Å². The molecule has 0 amide bonds. The molecule has 98 valence electrons. The predicted molar refractivity (Wildman–Crippen MR) is 78.0 cm³/mol. The smallest absolute Gasteiger partial charge is 0.144 e. The lowest BCUT2D eigenvalue weighted by atomic mass is 9.65. The van der Waals surface area contributed by atoms with Crippen molar-refractivity contribution < 1.29 is 4.79 Å². The first-order chi connectivity index (χ1) is 9.25. The zero-order valence-electron chi connectivity index (χ0n) is 11.1. The van der Waals surface area contributed by atoms with Crippen LogP contribution in [-0.2, 0) is 11.2 Å². The summed E-state index contributed by atoms with van der Waals surface area (Å²) in [5.74, 6) is 0.317. The van der Waals surface area contributed by atoms with Gasteiger partial charge >= 0.3 is 0 Å². The van der Waals surface area contributed by atoms with Crippen LogP contribution in [0.4, 0.5) is 0 Å². The molecule has 0 radical (unpaired) electrons. The summed E-state index contributed by atoms with van der Waals surface area (Å²) in [6.07, 6.45) is 3.58. The van der Waals surface area contributed by atoms with Crippen LogP contribution in [-0.4, -0.2) is 12.3 Å². The minimum absolute atomic E-state index is 0.225. The second-order valence-electron chi connectivity index (χ2n) is 5.58. The van der Waals surface area contributed by atoms with Crippen LogP contribution in [0.3, 0.4) is 0 Å². The van der Waals surface area contributed by atoms with Gasteiger partial charge in [0.25, 0.3) is 0 Å². The maximum atomic E-state index is 12.5. The molecule has 0 atom stereocenters. The third-order valence-electron chi connectivity index (χ3n) is 4.52. The van der Waals surface area contributed by atoms with Gasteiger partial charge in [-0.05, 0) is 29.2 Å². The number of nitrogens with two attached hydrogens (primary N) is 1. The fraction of sp³-hybridized carbons (Fsp3) is 0.353. The fourth-order valence-electron chi connectivity index (χ4n) is 3.01. The first kappa shape index (κ1) is 12.4. The summed E-state index contributed by atoms with van der Waals surface area (Å²) in [4.78, 5) is 12.5. The molecule has 3 rings (SSSR count). The molecule has 0 unspecified atom stereocenters. The van der Waals surface area contributed by atoms with E-state index in [9.17, 15) is 4.79 Å². The molecular formula is C17H19NO. The van der Waals surface area contributed by atoms with Crippen LogP contribution < -0.4 is 5.73 Å². The number of fused-ring (bicyclic) bond motifs is 1. The number of hydrogen-bond acceptors (Lipinski definition) is 2. The van der Waals surface area contributed by atoms with Crippen molar-refractivity contribution in [2.24, 2.45) is 11.1 Å². The fourth-order valence-corrected chi connectivity index (χ4v) is 3.01. The maximum absolute atomic E-state index is 12.5. The summed E-state index contributed by atoms with van der Waals surface area (Å²) in [5.41, 5.74) is 6.72. The predicted octanol–water partition coefficient (Wildman–Crippen LogP) is 3.08. The first-order valence-electron chi connectivity index (χ1n) is 6.95. The van der Waals surface area contributed by atoms with Crippen LogP contribution in [0.15, 0.2) is 42.5 Å². The molecule has 0 aromatic heterocycles. The van der Waals surface area contributed by atoms with E-state index < -0.39 is 0 Å². The second-order valence-corrected chi connectivity index (χ2v) is 5.58. The Labute approximate surface area is 113 Å². The summed E-state index contributed by atoms with van der Waals surface area (Å²) in [5, 5.41) is 2.38. The van der Waals surface area contributed by atoms with Crippen molar-refractivity contribution in [3.05, 3.63) is 48.0 Å². The quantitative estimate of drug-likeness (QED) is 0.910. The van der Waals surface area contributed by atoms with Crippen LogP contribution in [0.1, 0.15) is 24.8 Å². The van der Waals surface area contributed by atoms with Gasteiger partial charge in [0.05, 0.1) is 0 Å². The Morgan fingerprint density at radius 1 is 1.11 bits per heavy atom. The third kappa shape index (κ3) is 2.06. The normalized spacial score (nSPS) is 17.1. The van der Waals surface area contributed by atoms with Crippen molar-refractivity contribution in [1.29, 1.82) is 0 Å². The van der Waals surface area contributed by atoms with Gasteiger partial charge in [-0.15, -0.1) is 0 Å². The van der Waals surface area contributed by atoms with E-state index in [4.69, 9.17) is 5.73 Å². The molecule has 1 aliphatic carbocycles. The van der Waals surface area contributed by atoms with Gasteiger partial charge in [-0.1, -0.05) is 48.9 Å². The summed E-state index contributed by atoms with van der Waals surface area (Å²) in [7, 11) is 0. The van der Waals surface area contributed by atoms with Crippen LogP contribution in [0, 0.1) is 5.41 Å². The summed E-state index contributed by atoms with van der Waals surface area (Å²) in [6, 6.07) is 14.4. The molecule has 2 N–H and O–H groups in total. The number of benzene rings is 2. The van der Waals surface area contributed by atoms with Crippen LogP contribution in [0.25, 0.3) is 10.8 Å². The first-order valence-corrected chi connectivity index (χ1v) is 6.95. The molecule has 2 aromatic carbocycles. The van der Waals surface area contributed by atoms with E-state index in [1.807, 2.05) is 18.2 Å². The maximum Gasteiger partial charge on any atom is 0.144 e. The highest BCUT2D eigenvalue weighted by molar-refractivity contribution is 5.93. The molecule has 2 heteroatoms. The van der Waals surface area contributed by atoms with Crippen molar-refractivity contribution in [1.82, 2.24) is 0 Å². The van der Waals surface area contributed by atoms with E-state index in [1.54, 1.807) is 0 Å². The van der Waals surface area contributed by atoms with Crippen molar-refractivity contribution >= 4 is 16.6 Å². The number of Topliss-reactive ketones (excluding diaryl/α,β-unsaturated/α-hetero) is 1. The average Bonchev–Trinajstić information content (AvgIpc) is 2.38. The van der Waals surface area contributed by atoms with Gasteiger partial charge in [-0.25, -0.2) is 0 Å². The van der Waals surface area contributed by atoms with Gasteiger partial charge in [0, 0.05) is 18.4 Å². The van der Waals surface area contributed by atoms with Crippen LogP contribution in [0.5, 0.6) is 0 Å². The highest BCUT2D eigenvalue weighted by atomic mass is 16.1. The highest BCUT2D eigenvalue weighted by Gasteiger charge is 2.42. The molecule has 1 fully saturated rings. The Bertz CT molecular complexity index is 603. The standard InChI is InChI=1S/C17H19NO/c18-12-17(9-4-10-17)16(19)11-14-7-3-6-13-5-1-2-8-15(13)14/h1-3,5-8H,4,9-12,18H2. The molecule has 0 spiro atoms. The molecule has 0 bridgehead atoms.